The summed E-state index contributed by atoms with van der Waals surface area (Å²) in [6.07, 6.45) is -4.36. The largest absolute Gasteiger partial charge is 0.489 e. The van der Waals surface area contributed by atoms with Gasteiger partial charge in [-0.1, -0.05) is 11.6 Å². The molecule has 1 aromatic rings. The summed E-state index contributed by atoms with van der Waals surface area (Å²) in [5.74, 6) is 0.314. The van der Waals surface area contributed by atoms with Crippen LogP contribution in [-0.2, 0) is 15.7 Å². The van der Waals surface area contributed by atoms with Crippen LogP contribution in [0.1, 0.15) is 18.4 Å². The first-order chi connectivity index (χ1) is 13.6. The molecule has 0 bridgehead atoms. The third-order valence-electron chi connectivity index (χ3n) is 5.28. The Morgan fingerprint density at radius 3 is 2.66 bits per heavy atom. The van der Waals surface area contributed by atoms with Crippen molar-refractivity contribution in [3.05, 3.63) is 28.8 Å². The molecule has 29 heavy (non-hydrogen) atoms. The molecule has 7 nitrogen and oxygen atoms in total. The van der Waals surface area contributed by atoms with Gasteiger partial charge in [0, 0.05) is 5.92 Å². The molecule has 0 atom stereocenters. The van der Waals surface area contributed by atoms with Crippen molar-refractivity contribution in [3.63, 3.8) is 0 Å². The SMILES string of the molecule is O=C1NC2(CO1)CN(C(=O)OCC1CC(Oc3ccc(C(F)(F)F)cc3Cl)C1)C2. The number of alkyl halides is 3. The molecule has 4 rings (SSSR count). The number of alkyl carbamates (subject to hydrolysis) is 1. The number of cyclic esters (lactones) is 1. The number of likely N-dealkylation sites (tertiary alicyclic amines) is 1. The molecule has 1 N–H and O–H groups in total. The highest BCUT2D eigenvalue weighted by Gasteiger charge is 2.51. The summed E-state index contributed by atoms with van der Waals surface area (Å²) in [7, 11) is 0. The highest BCUT2D eigenvalue weighted by molar-refractivity contribution is 6.32. The quantitative estimate of drug-likeness (QED) is 0.785. The normalized spacial score (nSPS) is 25.0. The van der Waals surface area contributed by atoms with Crippen LogP contribution in [0.3, 0.4) is 0 Å². The van der Waals surface area contributed by atoms with Gasteiger partial charge in [-0.15, -0.1) is 0 Å². The van der Waals surface area contributed by atoms with Gasteiger partial charge in [-0.25, -0.2) is 9.59 Å². The first kappa shape index (κ1) is 19.9. The fourth-order valence-corrected chi connectivity index (χ4v) is 3.84. The number of amides is 2. The predicted octanol–water partition coefficient (Wildman–Crippen LogP) is 3.45. The van der Waals surface area contributed by atoms with E-state index in [0.717, 1.165) is 12.1 Å². The summed E-state index contributed by atoms with van der Waals surface area (Å²) < 4.78 is 53.7. The summed E-state index contributed by atoms with van der Waals surface area (Å²) in [5, 5.41) is 2.59. The van der Waals surface area contributed by atoms with Crippen molar-refractivity contribution in [2.75, 3.05) is 26.3 Å². The maximum absolute atomic E-state index is 12.7. The minimum atomic E-state index is -4.46. The van der Waals surface area contributed by atoms with Gasteiger partial charge >= 0.3 is 18.4 Å². The molecule has 3 aliphatic rings. The van der Waals surface area contributed by atoms with E-state index in [2.05, 4.69) is 5.32 Å². The number of carbonyl (C=O) groups excluding carboxylic acids is 2. The summed E-state index contributed by atoms with van der Waals surface area (Å²) in [4.78, 5) is 24.6. The minimum Gasteiger partial charge on any atom is -0.489 e. The van der Waals surface area contributed by atoms with Crippen LogP contribution in [0.5, 0.6) is 5.75 Å². The summed E-state index contributed by atoms with van der Waals surface area (Å²) in [5.41, 5.74) is -1.32. The third-order valence-corrected chi connectivity index (χ3v) is 5.58. The number of benzene rings is 1. The van der Waals surface area contributed by atoms with Crippen LogP contribution in [0.25, 0.3) is 0 Å². The molecule has 0 unspecified atom stereocenters. The maximum atomic E-state index is 12.7. The van der Waals surface area contributed by atoms with Crippen LogP contribution in [0.15, 0.2) is 18.2 Å². The highest BCUT2D eigenvalue weighted by Crippen LogP contribution is 2.38. The molecule has 1 saturated carbocycles. The lowest BCUT2D eigenvalue weighted by Gasteiger charge is -2.45. The Labute approximate surface area is 169 Å². The molecular weight excluding hydrogens is 417 g/mol. The van der Waals surface area contributed by atoms with Gasteiger partial charge < -0.3 is 24.4 Å². The summed E-state index contributed by atoms with van der Waals surface area (Å²) in [6.45, 7) is 1.16. The molecule has 11 heteroatoms. The first-order valence-electron chi connectivity index (χ1n) is 9.04. The van der Waals surface area contributed by atoms with Crippen molar-refractivity contribution in [1.29, 1.82) is 0 Å². The molecular formula is C18H18ClF3N2O5. The van der Waals surface area contributed by atoms with Crippen LogP contribution < -0.4 is 10.1 Å². The Balaban J connectivity index is 1.17. The average Bonchev–Trinajstić information content (AvgIpc) is 2.97. The number of ether oxygens (including phenoxy) is 3. The van der Waals surface area contributed by atoms with E-state index in [1.807, 2.05) is 0 Å². The Morgan fingerprint density at radius 2 is 2.07 bits per heavy atom. The summed E-state index contributed by atoms with van der Waals surface area (Å²) in [6, 6.07) is 2.98. The lowest BCUT2D eigenvalue weighted by atomic mass is 9.83. The number of carbonyl (C=O) groups is 2. The molecule has 3 fully saturated rings. The van der Waals surface area contributed by atoms with E-state index in [0.29, 0.717) is 25.9 Å². The van der Waals surface area contributed by atoms with Crippen LogP contribution >= 0.6 is 11.6 Å². The van der Waals surface area contributed by atoms with Crippen molar-refractivity contribution < 1.29 is 37.0 Å². The molecule has 0 aromatic heterocycles. The number of nitrogens with zero attached hydrogens (tertiary/aromatic N) is 1. The zero-order valence-electron chi connectivity index (χ0n) is 15.1. The molecule has 1 spiro atoms. The Kier molecular flexibility index (Phi) is 4.92. The van der Waals surface area contributed by atoms with E-state index in [4.69, 9.17) is 25.8 Å². The minimum absolute atomic E-state index is 0.0931. The van der Waals surface area contributed by atoms with Gasteiger partial charge in [-0.3, -0.25) is 0 Å². The molecule has 2 heterocycles. The molecule has 158 valence electrons. The standard InChI is InChI=1S/C18H18ClF3N2O5/c19-13-5-11(18(20,21)22)1-2-14(13)29-12-3-10(4-12)6-27-16(26)24-7-17(8-24)9-28-15(25)23-17/h1-2,5,10,12H,3-4,6-9H2,(H,23,25). The molecule has 2 aliphatic heterocycles. The Morgan fingerprint density at radius 1 is 1.34 bits per heavy atom. The van der Waals surface area contributed by atoms with E-state index in [1.165, 1.54) is 11.0 Å². The molecule has 0 radical (unpaired) electrons. The van der Waals surface area contributed by atoms with E-state index >= 15 is 0 Å². The van der Waals surface area contributed by atoms with Crippen molar-refractivity contribution in [2.24, 2.45) is 5.92 Å². The predicted molar refractivity (Wildman–Crippen MR) is 93.7 cm³/mol. The highest BCUT2D eigenvalue weighted by atomic mass is 35.5. The van der Waals surface area contributed by atoms with Crippen molar-refractivity contribution in [1.82, 2.24) is 10.2 Å². The van der Waals surface area contributed by atoms with Crippen LogP contribution in [-0.4, -0.2) is 55.0 Å². The topological polar surface area (TPSA) is 77.1 Å². The van der Waals surface area contributed by atoms with Gasteiger partial charge in [0.25, 0.3) is 0 Å². The van der Waals surface area contributed by atoms with E-state index in [9.17, 15) is 22.8 Å². The van der Waals surface area contributed by atoms with Crippen LogP contribution in [0, 0.1) is 5.92 Å². The second kappa shape index (κ2) is 7.16. The van der Waals surface area contributed by atoms with E-state index in [-0.39, 0.29) is 36.0 Å². The first-order valence-corrected chi connectivity index (χ1v) is 9.41. The zero-order chi connectivity index (χ0) is 20.8. The van der Waals surface area contributed by atoms with Gasteiger partial charge in [0.05, 0.1) is 36.4 Å². The van der Waals surface area contributed by atoms with Gasteiger partial charge in [-0.2, -0.15) is 13.2 Å². The molecule has 2 amide bonds. The van der Waals surface area contributed by atoms with Crippen molar-refractivity contribution in [2.45, 2.75) is 30.7 Å². The third kappa shape index (κ3) is 4.17. The second-order valence-corrected chi connectivity index (χ2v) is 8.04. The number of hydrogen-bond acceptors (Lipinski definition) is 5. The molecule has 2 saturated heterocycles. The maximum Gasteiger partial charge on any atom is 0.416 e. The van der Waals surface area contributed by atoms with Crippen molar-refractivity contribution in [3.8, 4) is 5.75 Å². The molecule has 1 aliphatic carbocycles. The van der Waals surface area contributed by atoms with Crippen LogP contribution in [0.2, 0.25) is 5.02 Å². The van der Waals surface area contributed by atoms with Crippen LogP contribution in [0.4, 0.5) is 22.8 Å². The van der Waals surface area contributed by atoms with Crippen molar-refractivity contribution >= 4 is 23.8 Å². The zero-order valence-corrected chi connectivity index (χ0v) is 15.9. The lowest BCUT2D eigenvalue weighted by molar-refractivity contribution is -0.137. The Bertz CT molecular complexity index is 822. The number of hydrogen-bond donors (Lipinski definition) is 1. The fraction of sp³-hybridized carbons (Fsp3) is 0.556. The monoisotopic (exact) mass is 434 g/mol. The van der Waals surface area contributed by atoms with Gasteiger partial charge in [-0.05, 0) is 31.0 Å². The smallest absolute Gasteiger partial charge is 0.416 e. The lowest BCUT2D eigenvalue weighted by Crippen LogP contribution is -2.70. The number of rotatable bonds is 4. The van der Waals surface area contributed by atoms with Gasteiger partial charge in [0.1, 0.15) is 17.9 Å². The average molecular weight is 435 g/mol. The number of halogens is 4. The number of nitrogens with one attached hydrogen (secondary N) is 1. The molecule has 1 aromatic carbocycles. The van der Waals surface area contributed by atoms with E-state index in [1.54, 1.807) is 0 Å². The fourth-order valence-electron chi connectivity index (χ4n) is 3.62. The summed E-state index contributed by atoms with van der Waals surface area (Å²) >= 11 is 5.88. The second-order valence-electron chi connectivity index (χ2n) is 7.63. The van der Waals surface area contributed by atoms with Gasteiger partial charge in [0.15, 0.2) is 0 Å². The Hall–Kier alpha value is -2.36. The van der Waals surface area contributed by atoms with Gasteiger partial charge in [0.2, 0.25) is 0 Å². The van der Waals surface area contributed by atoms with E-state index < -0.39 is 29.5 Å².